The van der Waals surface area contributed by atoms with E-state index in [2.05, 4.69) is 41.9 Å². The first-order valence-electron chi connectivity index (χ1n) is 9.80. The Morgan fingerprint density at radius 2 is 2.23 bits per heavy atom. The zero-order chi connectivity index (χ0) is 18.2. The molecule has 0 saturated heterocycles. The Balaban J connectivity index is 1.74. The highest BCUT2D eigenvalue weighted by molar-refractivity contribution is 7.13. The van der Waals surface area contributed by atoms with Crippen molar-refractivity contribution >= 4 is 11.3 Å². The quantitative estimate of drug-likeness (QED) is 0.744. The monoisotopic (exact) mass is 365 g/mol. The number of hydrogen-bond acceptors (Lipinski definition) is 3. The van der Waals surface area contributed by atoms with Crippen LogP contribution in [-0.2, 0) is 11.8 Å². The van der Waals surface area contributed by atoms with Gasteiger partial charge in [0, 0.05) is 17.1 Å². The van der Waals surface area contributed by atoms with Crippen molar-refractivity contribution < 1.29 is 5.11 Å². The maximum Gasteiger partial charge on any atom is 0.125 e. The molecule has 1 aromatic carbocycles. The number of aryl methyl sites for hydroxylation is 1. The van der Waals surface area contributed by atoms with E-state index >= 15 is 0 Å². The molecule has 0 unspecified atom stereocenters. The maximum atomic E-state index is 10.9. The van der Waals surface area contributed by atoms with Crippen LogP contribution in [0.25, 0.3) is 10.6 Å². The van der Waals surface area contributed by atoms with Crippen molar-refractivity contribution in [3.8, 4) is 22.4 Å². The van der Waals surface area contributed by atoms with Gasteiger partial charge in [-0.1, -0.05) is 31.4 Å². The number of thiazole rings is 1. The number of fused-ring (bicyclic) bond motifs is 3. The lowest BCUT2D eigenvalue weighted by molar-refractivity contribution is -0.0109. The van der Waals surface area contributed by atoms with Gasteiger partial charge in [0.1, 0.15) is 10.6 Å². The van der Waals surface area contributed by atoms with Gasteiger partial charge in [-0.3, -0.25) is 0 Å². The molecule has 0 spiro atoms. The molecule has 2 nitrogen and oxygen atoms in total. The zero-order valence-electron chi connectivity index (χ0n) is 15.7. The van der Waals surface area contributed by atoms with Gasteiger partial charge < -0.3 is 5.11 Å². The molecule has 26 heavy (non-hydrogen) atoms. The molecule has 2 aliphatic carbocycles. The number of hydrogen-bond donors (Lipinski definition) is 1. The molecule has 0 amide bonds. The van der Waals surface area contributed by atoms with E-state index in [4.69, 9.17) is 0 Å². The molecule has 1 N–H and O–H groups in total. The summed E-state index contributed by atoms with van der Waals surface area (Å²) in [6, 6.07) is 6.99. The van der Waals surface area contributed by atoms with E-state index in [9.17, 15) is 5.11 Å². The summed E-state index contributed by atoms with van der Waals surface area (Å²) in [5, 5.41) is 14.1. The fraction of sp³-hybridized carbons (Fsp3) is 0.522. The van der Waals surface area contributed by atoms with Crippen LogP contribution < -0.4 is 0 Å². The fourth-order valence-corrected chi connectivity index (χ4v) is 6.08. The standard InChI is InChI=1S/C23H27NOS/c1-3-9-22(25)11-12-23(10-4-2)19(16-22)7-5-17-15-18(6-8-20(17)23)21-24-13-14-26-21/h6,8,13-15,19,25H,4-5,7,10-12,16H2,1-2H3/t19-,22-,23-/m1/s1. The van der Waals surface area contributed by atoms with Gasteiger partial charge in [0.25, 0.3) is 0 Å². The number of nitrogens with zero attached hydrogens (tertiary/aromatic N) is 1. The summed E-state index contributed by atoms with van der Waals surface area (Å²) in [7, 11) is 0. The van der Waals surface area contributed by atoms with Gasteiger partial charge in [0.2, 0.25) is 0 Å². The summed E-state index contributed by atoms with van der Waals surface area (Å²) in [5.74, 6) is 6.59. The smallest absolute Gasteiger partial charge is 0.125 e. The molecule has 4 rings (SSSR count). The molecular formula is C23H27NOS. The van der Waals surface area contributed by atoms with Crippen LogP contribution in [0.3, 0.4) is 0 Å². The summed E-state index contributed by atoms with van der Waals surface area (Å²) in [4.78, 5) is 4.48. The first kappa shape index (κ1) is 17.8. The van der Waals surface area contributed by atoms with Crippen molar-refractivity contribution in [3.05, 3.63) is 40.9 Å². The Labute approximate surface area is 160 Å². The molecule has 1 heterocycles. The second kappa shape index (κ2) is 6.83. The van der Waals surface area contributed by atoms with E-state index in [1.807, 2.05) is 18.5 Å². The van der Waals surface area contributed by atoms with Crippen molar-refractivity contribution in [3.63, 3.8) is 0 Å². The number of aliphatic hydroxyl groups is 1. The molecule has 3 heteroatoms. The normalized spacial score (nSPS) is 30.0. The third-order valence-corrected chi connectivity index (χ3v) is 7.31. The number of benzene rings is 1. The summed E-state index contributed by atoms with van der Waals surface area (Å²) in [6.45, 7) is 4.12. The predicted molar refractivity (Wildman–Crippen MR) is 108 cm³/mol. The second-order valence-corrected chi connectivity index (χ2v) is 8.86. The van der Waals surface area contributed by atoms with E-state index in [1.54, 1.807) is 11.3 Å². The first-order valence-corrected chi connectivity index (χ1v) is 10.7. The molecule has 1 aromatic heterocycles. The van der Waals surface area contributed by atoms with Crippen LogP contribution in [0.4, 0.5) is 0 Å². The lowest BCUT2D eigenvalue weighted by atomic mass is 9.53. The molecule has 2 aliphatic rings. The summed E-state index contributed by atoms with van der Waals surface area (Å²) in [5.41, 5.74) is 3.70. The van der Waals surface area contributed by atoms with Gasteiger partial charge >= 0.3 is 0 Å². The van der Waals surface area contributed by atoms with Gasteiger partial charge in [0.05, 0.1) is 0 Å². The highest BCUT2D eigenvalue weighted by Crippen LogP contribution is 2.55. The van der Waals surface area contributed by atoms with Crippen LogP contribution in [-0.4, -0.2) is 15.7 Å². The molecule has 1 saturated carbocycles. The van der Waals surface area contributed by atoms with Crippen LogP contribution in [0.15, 0.2) is 29.8 Å². The van der Waals surface area contributed by atoms with Gasteiger partial charge in [-0.05, 0) is 74.0 Å². The van der Waals surface area contributed by atoms with Crippen LogP contribution in [0.5, 0.6) is 0 Å². The van der Waals surface area contributed by atoms with Crippen molar-refractivity contribution in [1.29, 1.82) is 0 Å². The lowest BCUT2D eigenvalue weighted by Gasteiger charge is -2.52. The molecule has 1 fully saturated rings. The highest BCUT2D eigenvalue weighted by atomic mass is 32.1. The Kier molecular flexibility index (Phi) is 4.67. The summed E-state index contributed by atoms with van der Waals surface area (Å²) in [6.07, 6.45) is 9.17. The zero-order valence-corrected chi connectivity index (χ0v) is 16.5. The topological polar surface area (TPSA) is 33.1 Å². The van der Waals surface area contributed by atoms with E-state index in [-0.39, 0.29) is 5.41 Å². The van der Waals surface area contributed by atoms with Crippen molar-refractivity contribution in [2.75, 3.05) is 0 Å². The van der Waals surface area contributed by atoms with Crippen LogP contribution in [0.1, 0.15) is 63.5 Å². The van der Waals surface area contributed by atoms with Gasteiger partial charge in [-0.2, -0.15) is 0 Å². The largest absolute Gasteiger partial charge is 0.378 e. The Bertz CT molecular complexity index is 847. The van der Waals surface area contributed by atoms with Gasteiger partial charge in [0.15, 0.2) is 0 Å². The van der Waals surface area contributed by atoms with E-state index in [0.29, 0.717) is 5.92 Å². The molecule has 0 aliphatic heterocycles. The Morgan fingerprint density at radius 3 is 2.96 bits per heavy atom. The van der Waals surface area contributed by atoms with E-state index < -0.39 is 5.60 Å². The molecule has 2 aromatic rings. The van der Waals surface area contributed by atoms with Crippen LogP contribution in [0.2, 0.25) is 0 Å². The third kappa shape index (κ3) is 2.90. The summed E-state index contributed by atoms with van der Waals surface area (Å²) < 4.78 is 0. The van der Waals surface area contributed by atoms with Gasteiger partial charge in [-0.15, -0.1) is 17.3 Å². The SMILES string of the molecule is CC#C[C@@]1(O)CC[C@@]2(CCC)c3ccc(-c4nccs4)cc3CC[C@@H]2C1. The maximum absolute atomic E-state index is 10.9. The van der Waals surface area contributed by atoms with Crippen molar-refractivity contribution in [2.24, 2.45) is 5.92 Å². The number of rotatable bonds is 3. The minimum absolute atomic E-state index is 0.214. The minimum Gasteiger partial charge on any atom is -0.378 e. The molecule has 0 radical (unpaired) electrons. The van der Waals surface area contributed by atoms with Crippen LogP contribution >= 0.6 is 11.3 Å². The van der Waals surface area contributed by atoms with E-state index in [1.165, 1.54) is 29.5 Å². The molecule has 0 bridgehead atoms. The Morgan fingerprint density at radius 1 is 1.35 bits per heavy atom. The number of aromatic nitrogens is 1. The lowest BCUT2D eigenvalue weighted by Crippen LogP contribution is -2.49. The third-order valence-electron chi connectivity index (χ3n) is 6.49. The van der Waals surface area contributed by atoms with E-state index in [0.717, 1.165) is 37.1 Å². The first-order chi connectivity index (χ1) is 12.6. The average molecular weight is 366 g/mol. The van der Waals surface area contributed by atoms with Crippen molar-refractivity contribution in [2.45, 2.75) is 69.8 Å². The second-order valence-electron chi connectivity index (χ2n) is 7.96. The highest BCUT2D eigenvalue weighted by Gasteiger charge is 2.50. The van der Waals surface area contributed by atoms with Gasteiger partial charge in [-0.25, -0.2) is 4.98 Å². The van der Waals surface area contributed by atoms with Crippen LogP contribution in [0, 0.1) is 17.8 Å². The minimum atomic E-state index is -0.783. The average Bonchev–Trinajstić information content (AvgIpc) is 3.17. The molecule has 3 atom stereocenters. The fourth-order valence-electron chi connectivity index (χ4n) is 5.44. The van der Waals surface area contributed by atoms with Crippen molar-refractivity contribution in [1.82, 2.24) is 4.98 Å². The summed E-state index contributed by atoms with van der Waals surface area (Å²) >= 11 is 1.70. The molecular weight excluding hydrogens is 338 g/mol. The Hall–Kier alpha value is -1.63. The predicted octanol–water partition coefficient (Wildman–Crippen LogP) is 5.35. The molecule has 136 valence electrons.